The van der Waals surface area contributed by atoms with Crippen LogP contribution in [-0.4, -0.2) is 31.4 Å². The smallest absolute Gasteiger partial charge is 0.252 e. The predicted molar refractivity (Wildman–Crippen MR) is 79.4 cm³/mol. The van der Waals surface area contributed by atoms with E-state index in [9.17, 15) is 9.59 Å². The zero-order chi connectivity index (χ0) is 15.1. The van der Waals surface area contributed by atoms with Gasteiger partial charge in [0.2, 0.25) is 5.91 Å². The van der Waals surface area contributed by atoms with Crippen molar-refractivity contribution < 1.29 is 9.59 Å². The molecule has 5 nitrogen and oxygen atoms in total. The summed E-state index contributed by atoms with van der Waals surface area (Å²) < 4.78 is 0. The summed E-state index contributed by atoms with van der Waals surface area (Å²) in [6.45, 7) is 4.49. The fraction of sp³-hybridized carbons (Fsp3) is 0.467. The van der Waals surface area contributed by atoms with Gasteiger partial charge in [0, 0.05) is 5.56 Å². The molecule has 1 aromatic carbocycles. The van der Waals surface area contributed by atoms with Crippen molar-refractivity contribution in [2.75, 3.05) is 13.6 Å². The van der Waals surface area contributed by atoms with Crippen molar-refractivity contribution in [3.63, 3.8) is 0 Å². The number of carbonyl (C=O) groups is 2. The molecule has 0 bridgehead atoms. The summed E-state index contributed by atoms with van der Waals surface area (Å²) in [7, 11) is 1.87. The molecular weight excluding hydrogens is 254 g/mol. The first-order valence-corrected chi connectivity index (χ1v) is 6.80. The number of primary amides is 1. The maximum Gasteiger partial charge on any atom is 0.252 e. The highest BCUT2D eigenvalue weighted by Crippen LogP contribution is 2.11. The molecule has 1 atom stereocenters. The number of carbonyl (C=O) groups excluding carboxylic acids is 2. The summed E-state index contributed by atoms with van der Waals surface area (Å²) in [4.78, 5) is 23.7. The summed E-state index contributed by atoms with van der Waals surface area (Å²) >= 11 is 0. The number of hydrogen-bond acceptors (Lipinski definition) is 3. The normalized spacial score (nSPS) is 12.2. The Bertz CT molecular complexity index is 472. The van der Waals surface area contributed by atoms with Crippen molar-refractivity contribution in [3.05, 3.63) is 35.4 Å². The van der Waals surface area contributed by atoms with Gasteiger partial charge < -0.3 is 16.4 Å². The van der Waals surface area contributed by atoms with Crippen molar-refractivity contribution >= 4 is 11.8 Å². The molecule has 0 saturated carbocycles. The third-order valence-electron chi connectivity index (χ3n) is 3.17. The molecule has 110 valence electrons. The molecule has 0 aromatic heterocycles. The van der Waals surface area contributed by atoms with Gasteiger partial charge in [-0.25, -0.2) is 0 Å². The molecule has 1 rings (SSSR count). The van der Waals surface area contributed by atoms with E-state index >= 15 is 0 Å². The first-order valence-electron chi connectivity index (χ1n) is 6.80. The van der Waals surface area contributed by atoms with Gasteiger partial charge in [-0.05, 0) is 37.6 Å². The van der Waals surface area contributed by atoms with Crippen LogP contribution < -0.4 is 16.4 Å². The molecule has 0 heterocycles. The Morgan fingerprint density at radius 1 is 1.25 bits per heavy atom. The minimum Gasteiger partial charge on any atom is -0.368 e. The molecule has 2 amide bonds. The summed E-state index contributed by atoms with van der Waals surface area (Å²) in [6.07, 6.45) is 0.753. The van der Waals surface area contributed by atoms with Gasteiger partial charge in [-0.1, -0.05) is 32.0 Å². The molecule has 0 aliphatic heterocycles. The van der Waals surface area contributed by atoms with Gasteiger partial charge in [-0.3, -0.25) is 9.59 Å². The van der Waals surface area contributed by atoms with Crippen molar-refractivity contribution in [3.8, 4) is 0 Å². The van der Waals surface area contributed by atoms with E-state index in [1.807, 2.05) is 39.1 Å². The minimum absolute atomic E-state index is 0.0408. The Kier molecular flexibility index (Phi) is 6.18. The van der Waals surface area contributed by atoms with Crippen LogP contribution in [0.2, 0.25) is 0 Å². The molecule has 0 saturated heterocycles. The molecule has 0 aliphatic carbocycles. The highest BCUT2D eigenvalue weighted by Gasteiger charge is 2.23. The van der Waals surface area contributed by atoms with Crippen molar-refractivity contribution in [1.29, 1.82) is 0 Å². The molecule has 1 aromatic rings. The molecule has 0 radical (unpaired) electrons. The average molecular weight is 277 g/mol. The second-order valence-corrected chi connectivity index (χ2v) is 5.11. The Morgan fingerprint density at radius 3 is 2.45 bits per heavy atom. The Labute approximate surface area is 119 Å². The van der Waals surface area contributed by atoms with Gasteiger partial charge in [0.05, 0.1) is 0 Å². The molecule has 0 spiro atoms. The molecule has 1 unspecified atom stereocenters. The summed E-state index contributed by atoms with van der Waals surface area (Å²) in [6, 6.07) is 6.74. The average Bonchev–Trinajstić information content (AvgIpc) is 2.41. The third-order valence-corrected chi connectivity index (χ3v) is 3.17. The van der Waals surface area contributed by atoms with E-state index in [1.54, 1.807) is 6.07 Å². The third kappa shape index (κ3) is 4.35. The van der Waals surface area contributed by atoms with Crippen molar-refractivity contribution in [2.45, 2.75) is 26.3 Å². The molecular formula is C15H23N3O2. The van der Waals surface area contributed by atoms with E-state index in [0.29, 0.717) is 5.56 Å². The van der Waals surface area contributed by atoms with Crippen LogP contribution in [0.5, 0.6) is 0 Å². The standard InChI is InChI=1S/C15H23N3O2/c1-10(2)13(14(16)19)18-15(20)12-7-5-4-6-11(12)8-9-17-3/h4-7,10,13,17H,8-9H2,1-3H3,(H2,16,19)(H,18,20). The van der Waals surface area contributed by atoms with Crippen molar-refractivity contribution in [2.24, 2.45) is 11.7 Å². The zero-order valence-corrected chi connectivity index (χ0v) is 12.3. The van der Waals surface area contributed by atoms with Gasteiger partial charge in [0.25, 0.3) is 5.91 Å². The highest BCUT2D eigenvalue weighted by atomic mass is 16.2. The topological polar surface area (TPSA) is 84.2 Å². The van der Waals surface area contributed by atoms with Crippen LogP contribution in [0.1, 0.15) is 29.8 Å². The summed E-state index contributed by atoms with van der Waals surface area (Å²) in [5, 5.41) is 5.77. The predicted octanol–water partition coefficient (Wildman–Crippen LogP) is 0.688. The van der Waals surface area contributed by atoms with Crippen LogP contribution in [0.15, 0.2) is 24.3 Å². The molecule has 5 heteroatoms. The van der Waals surface area contributed by atoms with Crippen molar-refractivity contribution in [1.82, 2.24) is 10.6 Å². The monoisotopic (exact) mass is 277 g/mol. The Morgan fingerprint density at radius 2 is 1.90 bits per heavy atom. The largest absolute Gasteiger partial charge is 0.368 e. The SMILES string of the molecule is CNCCc1ccccc1C(=O)NC(C(N)=O)C(C)C. The fourth-order valence-corrected chi connectivity index (χ4v) is 2.00. The summed E-state index contributed by atoms with van der Waals surface area (Å²) in [5.74, 6) is -0.809. The van der Waals surface area contributed by atoms with E-state index in [-0.39, 0.29) is 11.8 Å². The van der Waals surface area contributed by atoms with Crippen LogP contribution in [-0.2, 0) is 11.2 Å². The van der Waals surface area contributed by atoms with Crippen LogP contribution >= 0.6 is 0 Å². The zero-order valence-electron chi connectivity index (χ0n) is 12.3. The molecule has 4 N–H and O–H groups in total. The fourth-order valence-electron chi connectivity index (χ4n) is 2.00. The van der Waals surface area contributed by atoms with Gasteiger partial charge in [0.1, 0.15) is 6.04 Å². The van der Waals surface area contributed by atoms with Crippen LogP contribution in [0.4, 0.5) is 0 Å². The Balaban J connectivity index is 2.88. The van der Waals surface area contributed by atoms with Crippen LogP contribution in [0.3, 0.4) is 0 Å². The maximum absolute atomic E-state index is 12.3. The number of likely N-dealkylation sites (N-methyl/N-ethyl adjacent to an activating group) is 1. The van der Waals surface area contributed by atoms with E-state index in [0.717, 1.165) is 18.5 Å². The molecule has 20 heavy (non-hydrogen) atoms. The van der Waals surface area contributed by atoms with Gasteiger partial charge in [-0.15, -0.1) is 0 Å². The first-order chi connectivity index (χ1) is 9.47. The summed E-state index contributed by atoms with van der Waals surface area (Å²) in [5.41, 5.74) is 6.86. The number of nitrogens with one attached hydrogen (secondary N) is 2. The second-order valence-electron chi connectivity index (χ2n) is 5.11. The lowest BCUT2D eigenvalue weighted by molar-refractivity contribution is -0.120. The molecule has 0 fully saturated rings. The number of hydrogen-bond donors (Lipinski definition) is 3. The second kappa shape index (κ2) is 7.65. The van der Waals surface area contributed by atoms with E-state index in [1.165, 1.54) is 0 Å². The number of rotatable bonds is 7. The van der Waals surface area contributed by atoms with Gasteiger partial charge in [-0.2, -0.15) is 0 Å². The minimum atomic E-state index is -0.653. The Hall–Kier alpha value is -1.88. The van der Waals surface area contributed by atoms with E-state index in [4.69, 9.17) is 5.73 Å². The van der Waals surface area contributed by atoms with Gasteiger partial charge >= 0.3 is 0 Å². The van der Waals surface area contributed by atoms with Gasteiger partial charge in [0.15, 0.2) is 0 Å². The number of benzene rings is 1. The van der Waals surface area contributed by atoms with Crippen LogP contribution in [0.25, 0.3) is 0 Å². The number of amides is 2. The number of nitrogens with two attached hydrogens (primary N) is 1. The lowest BCUT2D eigenvalue weighted by Gasteiger charge is -2.19. The lowest BCUT2D eigenvalue weighted by Crippen LogP contribution is -2.47. The van der Waals surface area contributed by atoms with E-state index < -0.39 is 11.9 Å². The quantitative estimate of drug-likeness (QED) is 0.685. The van der Waals surface area contributed by atoms with E-state index in [2.05, 4.69) is 10.6 Å². The van der Waals surface area contributed by atoms with Crippen LogP contribution in [0, 0.1) is 5.92 Å². The lowest BCUT2D eigenvalue weighted by atomic mass is 10.0. The maximum atomic E-state index is 12.3. The first kappa shape index (κ1) is 16.2. The molecule has 0 aliphatic rings. The highest BCUT2D eigenvalue weighted by molar-refractivity contribution is 5.98.